The Balaban J connectivity index is 1.61. The van der Waals surface area contributed by atoms with Crippen LogP contribution in [0.1, 0.15) is 44.9 Å². The van der Waals surface area contributed by atoms with Crippen LogP contribution >= 0.6 is 0 Å². The van der Waals surface area contributed by atoms with Gasteiger partial charge >= 0.3 is 0 Å². The highest BCUT2D eigenvalue weighted by Gasteiger charge is 2.31. The van der Waals surface area contributed by atoms with Gasteiger partial charge in [-0.3, -0.25) is 4.79 Å². The molecule has 0 saturated heterocycles. The van der Waals surface area contributed by atoms with Gasteiger partial charge in [0.05, 0.1) is 18.1 Å². The first-order valence-corrected chi connectivity index (χ1v) is 7.98. The number of rotatable bonds is 4. The van der Waals surface area contributed by atoms with Crippen molar-refractivity contribution in [3.63, 3.8) is 0 Å². The standard InChI is InChI=1S/C17H23NO3/c19-16-10-4-9-15(16)17(20)18-12-5-3-8-14(11-12)21-13-6-1-2-7-13/h3,5,8,11,13,15-16,19H,1-2,4,6-7,9-10H2,(H,18,20). The summed E-state index contributed by atoms with van der Waals surface area (Å²) in [4.78, 5) is 12.2. The molecular weight excluding hydrogens is 266 g/mol. The Kier molecular flexibility index (Phi) is 4.44. The van der Waals surface area contributed by atoms with Crippen LogP contribution in [0.15, 0.2) is 24.3 Å². The molecule has 1 aromatic carbocycles. The number of hydrogen-bond acceptors (Lipinski definition) is 3. The van der Waals surface area contributed by atoms with Crippen molar-refractivity contribution in [2.75, 3.05) is 5.32 Å². The Morgan fingerprint density at radius 1 is 1.14 bits per heavy atom. The Morgan fingerprint density at radius 3 is 2.67 bits per heavy atom. The van der Waals surface area contributed by atoms with E-state index < -0.39 is 6.10 Å². The second-order valence-corrected chi connectivity index (χ2v) is 6.15. The molecule has 4 nitrogen and oxygen atoms in total. The van der Waals surface area contributed by atoms with Crippen molar-refractivity contribution in [1.82, 2.24) is 0 Å². The van der Waals surface area contributed by atoms with E-state index in [-0.39, 0.29) is 11.8 Å². The number of aliphatic hydroxyl groups is 1. The van der Waals surface area contributed by atoms with E-state index in [2.05, 4.69) is 5.32 Å². The largest absolute Gasteiger partial charge is 0.490 e. The van der Waals surface area contributed by atoms with Gasteiger partial charge in [0, 0.05) is 11.8 Å². The van der Waals surface area contributed by atoms with Gasteiger partial charge in [-0.25, -0.2) is 0 Å². The van der Waals surface area contributed by atoms with E-state index in [9.17, 15) is 9.90 Å². The van der Waals surface area contributed by atoms with Crippen molar-refractivity contribution < 1.29 is 14.6 Å². The number of aliphatic hydroxyl groups excluding tert-OH is 1. The fourth-order valence-electron chi connectivity index (χ4n) is 3.33. The van der Waals surface area contributed by atoms with Gasteiger partial charge in [0.2, 0.25) is 5.91 Å². The molecule has 0 aromatic heterocycles. The molecule has 114 valence electrons. The molecule has 21 heavy (non-hydrogen) atoms. The molecule has 2 unspecified atom stereocenters. The molecule has 4 heteroatoms. The van der Waals surface area contributed by atoms with Gasteiger partial charge in [-0.15, -0.1) is 0 Å². The maximum absolute atomic E-state index is 12.2. The molecule has 2 aliphatic rings. The summed E-state index contributed by atoms with van der Waals surface area (Å²) in [5.41, 5.74) is 0.745. The van der Waals surface area contributed by atoms with E-state index in [0.29, 0.717) is 6.10 Å². The zero-order chi connectivity index (χ0) is 14.7. The topological polar surface area (TPSA) is 58.6 Å². The molecule has 0 bridgehead atoms. The minimum Gasteiger partial charge on any atom is -0.490 e. The summed E-state index contributed by atoms with van der Waals surface area (Å²) in [5, 5.41) is 12.7. The van der Waals surface area contributed by atoms with E-state index in [4.69, 9.17) is 4.74 Å². The predicted octanol–water partition coefficient (Wildman–Crippen LogP) is 3.11. The molecule has 2 atom stereocenters. The lowest BCUT2D eigenvalue weighted by atomic mass is 10.1. The highest BCUT2D eigenvalue weighted by Crippen LogP contribution is 2.28. The van der Waals surface area contributed by atoms with Crippen molar-refractivity contribution in [2.45, 2.75) is 57.2 Å². The Bertz CT molecular complexity index is 497. The summed E-state index contributed by atoms with van der Waals surface area (Å²) in [5.74, 6) is 0.453. The number of anilines is 1. The number of amides is 1. The smallest absolute Gasteiger partial charge is 0.230 e. The van der Waals surface area contributed by atoms with E-state index in [1.807, 2.05) is 24.3 Å². The molecule has 1 amide bonds. The molecule has 0 aliphatic heterocycles. The van der Waals surface area contributed by atoms with E-state index >= 15 is 0 Å². The van der Waals surface area contributed by atoms with Crippen LogP contribution in [-0.4, -0.2) is 23.2 Å². The van der Waals surface area contributed by atoms with Gasteiger partial charge in [-0.1, -0.05) is 6.07 Å². The fourth-order valence-corrected chi connectivity index (χ4v) is 3.33. The minimum atomic E-state index is -0.497. The lowest BCUT2D eigenvalue weighted by Crippen LogP contribution is -2.28. The third-order valence-electron chi connectivity index (χ3n) is 4.52. The average molecular weight is 289 g/mol. The number of benzene rings is 1. The quantitative estimate of drug-likeness (QED) is 0.895. The zero-order valence-electron chi connectivity index (χ0n) is 12.3. The van der Waals surface area contributed by atoms with Gasteiger partial charge in [-0.05, 0) is 57.1 Å². The Labute approximate surface area is 125 Å². The maximum Gasteiger partial charge on any atom is 0.230 e. The molecule has 2 aliphatic carbocycles. The van der Waals surface area contributed by atoms with Gasteiger partial charge in [0.15, 0.2) is 0 Å². The lowest BCUT2D eigenvalue weighted by molar-refractivity contribution is -0.122. The molecule has 2 N–H and O–H groups in total. The van der Waals surface area contributed by atoms with Crippen LogP contribution in [0.25, 0.3) is 0 Å². The highest BCUT2D eigenvalue weighted by atomic mass is 16.5. The third-order valence-corrected chi connectivity index (χ3v) is 4.52. The maximum atomic E-state index is 12.2. The second-order valence-electron chi connectivity index (χ2n) is 6.15. The molecule has 0 heterocycles. The molecule has 0 radical (unpaired) electrons. The molecule has 2 fully saturated rings. The van der Waals surface area contributed by atoms with Crippen LogP contribution in [0.3, 0.4) is 0 Å². The van der Waals surface area contributed by atoms with Gasteiger partial charge in [-0.2, -0.15) is 0 Å². The van der Waals surface area contributed by atoms with E-state index in [1.165, 1.54) is 12.8 Å². The van der Waals surface area contributed by atoms with Crippen LogP contribution in [-0.2, 0) is 4.79 Å². The number of ether oxygens (including phenoxy) is 1. The van der Waals surface area contributed by atoms with Gasteiger partial charge in [0.1, 0.15) is 5.75 Å². The second kappa shape index (κ2) is 6.48. The molecule has 1 aromatic rings. The average Bonchev–Trinajstić information content (AvgIpc) is 3.10. The van der Waals surface area contributed by atoms with Crippen LogP contribution in [0, 0.1) is 5.92 Å². The van der Waals surface area contributed by atoms with Crippen molar-refractivity contribution in [1.29, 1.82) is 0 Å². The number of hydrogen-bond donors (Lipinski definition) is 2. The normalized spacial score (nSPS) is 26.0. The summed E-state index contributed by atoms with van der Waals surface area (Å²) in [6.45, 7) is 0. The first-order valence-electron chi connectivity index (χ1n) is 7.98. The number of carbonyl (C=O) groups is 1. The first kappa shape index (κ1) is 14.4. The molecule has 2 saturated carbocycles. The van der Waals surface area contributed by atoms with Crippen LogP contribution < -0.4 is 10.1 Å². The predicted molar refractivity (Wildman–Crippen MR) is 81.3 cm³/mol. The van der Waals surface area contributed by atoms with Crippen LogP contribution in [0.5, 0.6) is 5.75 Å². The van der Waals surface area contributed by atoms with Gasteiger partial charge in [0.25, 0.3) is 0 Å². The SMILES string of the molecule is O=C(Nc1cccc(OC2CCCC2)c1)C1CCCC1O. The third kappa shape index (κ3) is 3.56. The number of carbonyl (C=O) groups excluding carboxylic acids is 1. The highest BCUT2D eigenvalue weighted by molar-refractivity contribution is 5.93. The number of nitrogens with one attached hydrogen (secondary N) is 1. The first-order chi connectivity index (χ1) is 10.2. The van der Waals surface area contributed by atoms with Gasteiger partial charge < -0.3 is 15.2 Å². The van der Waals surface area contributed by atoms with Crippen molar-refractivity contribution in [3.05, 3.63) is 24.3 Å². The fraction of sp³-hybridized carbons (Fsp3) is 0.588. The van der Waals surface area contributed by atoms with Crippen molar-refractivity contribution >= 4 is 11.6 Å². The van der Waals surface area contributed by atoms with E-state index in [1.54, 1.807) is 0 Å². The lowest BCUT2D eigenvalue weighted by Gasteiger charge is -2.16. The van der Waals surface area contributed by atoms with Crippen molar-refractivity contribution in [3.8, 4) is 5.75 Å². The Hall–Kier alpha value is -1.55. The monoisotopic (exact) mass is 289 g/mol. The van der Waals surface area contributed by atoms with Crippen LogP contribution in [0.2, 0.25) is 0 Å². The zero-order valence-corrected chi connectivity index (χ0v) is 12.3. The Morgan fingerprint density at radius 2 is 1.95 bits per heavy atom. The van der Waals surface area contributed by atoms with Crippen LogP contribution in [0.4, 0.5) is 5.69 Å². The summed E-state index contributed by atoms with van der Waals surface area (Å²) in [6, 6.07) is 7.56. The minimum absolute atomic E-state index is 0.0852. The summed E-state index contributed by atoms with van der Waals surface area (Å²) < 4.78 is 5.94. The summed E-state index contributed by atoms with van der Waals surface area (Å²) >= 11 is 0. The summed E-state index contributed by atoms with van der Waals surface area (Å²) in [6.07, 6.45) is 6.94. The van der Waals surface area contributed by atoms with Crippen molar-refractivity contribution in [2.24, 2.45) is 5.92 Å². The molecular formula is C17H23NO3. The van der Waals surface area contributed by atoms with E-state index in [0.717, 1.165) is 43.5 Å². The molecule has 3 rings (SSSR count). The summed E-state index contributed by atoms with van der Waals surface area (Å²) in [7, 11) is 0. The molecule has 0 spiro atoms.